The number of thiophene rings is 1. The fourth-order valence-electron chi connectivity index (χ4n) is 1.42. The van der Waals surface area contributed by atoms with Crippen LogP contribution in [-0.2, 0) is 9.53 Å². The van der Waals surface area contributed by atoms with Crippen molar-refractivity contribution < 1.29 is 9.53 Å². The summed E-state index contributed by atoms with van der Waals surface area (Å²) in [5, 5.41) is 0. The molecule has 1 rings (SSSR count). The Balaban J connectivity index is 2.53. The van der Waals surface area contributed by atoms with Crippen molar-refractivity contribution in [3.63, 3.8) is 0 Å². The summed E-state index contributed by atoms with van der Waals surface area (Å²) in [5.74, 6) is 0.316. The van der Waals surface area contributed by atoms with Crippen LogP contribution in [0.5, 0.6) is 0 Å². The Bertz CT molecular complexity index is 373. The van der Waals surface area contributed by atoms with Crippen LogP contribution in [0.25, 0.3) is 0 Å². The molecule has 0 spiro atoms. The summed E-state index contributed by atoms with van der Waals surface area (Å²) in [6.45, 7) is 8.17. The van der Waals surface area contributed by atoms with E-state index in [1.54, 1.807) is 18.3 Å². The van der Waals surface area contributed by atoms with E-state index in [2.05, 4.69) is 26.0 Å². The molecule has 0 saturated heterocycles. The maximum atomic E-state index is 10.7. The van der Waals surface area contributed by atoms with Crippen molar-refractivity contribution >= 4 is 17.6 Å². The fraction of sp³-hybridized carbons (Fsp3) is 0.615. The van der Waals surface area contributed by atoms with Crippen LogP contribution in [0, 0.1) is 6.92 Å². The molecule has 96 valence electrons. The lowest BCUT2D eigenvalue weighted by Gasteiger charge is -2.24. The van der Waals surface area contributed by atoms with Gasteiger partial charge in [-0.1, -0.05) is 6.92 Å². The van der Waals surface area contributed by atoms with Gasteiger partial charge in [-0.15, -0.1) is 11.3 Å². The van der Waals surface area contributed by atoms with Crippen molar-refractivity contribution in [3.8, 4) is 0 Å². The van der Waals surface area contributed by atoms with Gasteiger partial charge in [-0.05, 0) is 32.9 Å². The molecule has 0 aliphatic heterocycles. The zero-order valence-corrected chi connectivity index (χ0v) is 11.7. The monoisotopic (exact) mass is 255 g/mol. The molecule has 0 unspecified atom stereocenters. The van der Waals surface area contributed by atoms with E-state index < -0.39 is 5.54 Å². The van der Waals surface area contributed by atoms with Gasteiger partial charge in [0.1, 0.15) is 6.29 Å². The minimum Gasteiger partial charge on any atom is -0.375 e. The van der Waals surface area contributed by atoms with Crippen molar-refractivity contribution in [2.24, 2.45) is 5.73 Å². The molecule has 0 radical (unpaired) electrons. The van der Waals surface area contributed by atoms with Gasteiger partial charge in [0.25, 0.3) is 0 Å². The third-order valence-electron chi connectivity index (χ3n) is 2.84. The zero-order chi connectivity index (χ0) is 13.1. The van der Waals surface area contributed by atoms with Gasteiger partial charge < -0.3 is 15.3 Å². The number of ether oxygens (including phenoxy) is 1. The Hall–Kier alpha value is -0.710. The van der Waals surface area contributed by atoms with Crippen LogP contribution in [-0.4, -0.2) is 24.5 Å². The molecule has 0 bridgehead atoms. The Kier molecular flexibility index (Phi) is 4.86. The highest BCUT2D eigenvalue weighted by Gasteiger charge is 2.22. The molecule has 3 atom stereocenters. The third-order valence-corrected chi connectivity index (χ3v) is 4.04. The lowest BCUT2D eigenvalue weighted by atomic mass is 10.0. The first kappa shape index (κ1) is 14.4. The van der Waals surface area contributed by atoms with E-state index >= 15 is 0 Å². The fourth-order valence-corrected chi connectivity index (χ4v) is 2.44. The molecule has 3 nitrogen and oxygen atoms in total. The standard InChI is InChI=1S/C13H21NO2S/c1-9-5-6-12(17-9)10(2)11(3)16-8-13(4,14)7-15/h5-7,10-11H,8,14H2,1-4H3/t10-,11+,13+/m1/s1. The Morgan fingerprint density at radius 2 is 2.18 bits per heavy atom. The number of carbonyl (C=O) groups is 1. The lowest BCUT2D eigenvalue weighted by molar-refractivity contribution is -0.114. The van der Waals surface area contributed by atoms with Gasteiger partial charge in [-0.25, -0.2) is 0 Å². The van der Waals surface area contributed by atoms with Crippen molar-refractivity contribution in [2.45, 2.75) is 45.3 Å². The summed E-state index contributed by atoms with van der Waals surface area (Å²) >= 11 is 1.78. The van der Waals surface area contributed by atoms with Crippen molar-refractivity contribution in [1.82, 2.24) is 0 Å². The van der Waals surface area contributed by atoms with Gasteiger partial charge in [0, 0.05) is 15.7 Å². The average molecular weight is 255 g/mol. The minimum atomic E-state index is -0.890. The molecule has 17 heavy (non-hydrogen) atoms. The Morgan fingerprint density at radius 3 is 2.65 bits per heavy atom. The van der Waals surface area contributed by atoms with Crippen LogP contribution < -0.4 is 5.73 Å². The first-order valence-corrected chi connectivity index (χ1v) is 6.60. The van der Waals surface area contributed by atoms with Crippen LogP contribution in [0.15, 0.2) is 12.1 Å². The topological polar surface area (TPSA) is 52.3 Å². The highest BCUT2D eigenvalue weighted by atomic mass is 32.1. The normalized spacial score (nSPS) is 18.4. The molecule has 0 fully saturated rings. The number of rotatable bonds is 6. The highest BCUT2D eigenvalue weighted by molar-refractivity contribution is 7.12. The second-order valence-electron chi connectivity index (χ2n) is 4.88. The number of hydrogen-bond donors (Lipinski definition) is 1. The molecule has 0 aromatic carbocycles. The smallest absolute Gasteiger partial charge is 0.141 e. The second-order valence-corrected chi connectivity index (χ2v) is 6.20. The quantitative estimate of drug-likeness (QED) is 0.795. The van der Waals surface area contributed by atoms with Crippen LogP contribution in [0.2, 0.25) is 0 Å². The summed E-state index contributed by atoms with van der Waals surface area (Å²) in [6.07, 6.45) is 0.788. The van der Waals surface area contributed by atoms with E-state index in [0.717, 1.165) is 6.29 Å². The molecule has 0 aliphatic rings. The van der Waals surface area contributed by atoms with E-state index in [9.17, 15) is 4.79 Å². The number of carbonyl (C=O) groups excluding carboxylic acids is 1. The first-order chi connectivity index (χ1) is 7.85. The summed E-state index contributed by atoms with van der Waals surface area (Å²) < 4.78 is 5.67. The van der Waals surface area contributed by atoms with E-state index in [1.807, 2.05) is 6.92 Å². The predicted octanol–water partition coefficient (Wildman–Crippen LogP) is 2.48. The lowest BCUT2D eigenvalue weighted by Crippen LogP contribution is -2.44. The van der Waals surface area contributed by atoms with Crippen LogP contribution >= 0.6 is 11.3 Å². The summed E-state index contributed by atoms with van der Waals surface area (Å²) in [4.78, 5) is 13.3. The Morgan fingerprint density at radius 1 is 1.53 bits per heavy atom. The number of nitrogens with two attached hydrogens (primary N) is 1. The Labute approximate surface area is 107 Å². The summed E-state index contributed by atoms with van der Waals surface area (Å²) in [5.41, 5.74) is 4.83. The summed E-state index contributed by atoms with van der Waals surface area (Å²) in [7, 11) is 0. The first-order valence-electron chi connectivity index (χ1n) is 5.79. The highest BCUT2D eigenvalue weighted by Crippen LogP contribution is 2.28. The van der Waals surface area contributed by atoms with Crippen LogP contribution in [0.3, 0.4) is 0 Å². The zero-order valence-electron chi connectivity index (χ0n) is 10.9. The van der Waals surface area contributed by atoms with Crippen molar-refractivity contribution in [3.05, 3.63) is 21.9 Å². The van der Waals surface area contributed by atoms with E-state index in [-0.39, 0.29) is 12.7 Å². The minimum absolute atomic E-state index is 0.0517. The largest absolute Gasteiger partial charge is 0.375 e. The van der Waals surface area contributed by atoms with Crippen LogP contribution in [0.1, 0.15) is 36.4 Å². The molecule has 1 aromatic rings. The van der Waals surface area contributed by atoms with Crippen molar-refractivity contribution in [2.75, 3.05) is 6.61 Å². The van der Waals surface area contributed by atoms with E-state index in [1.165, 1.54) is 9.75 Å². The van der Waals surface area contributed by atoms with Gasteiger partial charge in [0.15, 0.2) is 0 Å². The number of aryl methyl sites for hydroxylation is 1. The molecule has 4 heteroatoms. The second kappa shape index (κ2) is 5.76. The molecule has 2 N–H and O–H groups in total. The van der Waals surface area contributed by atoms with Crippen LogP contribution in [0.4, 0.5) is 0 Å². The molecule has 1 heterocycles. The maximum Gasteiger partial charge on any atom is 0.141 e. The SMILES string of the molecule is Cc1ccc([C@H](C)[C@H](C)OC[C@@](C)(N)C=O)s1. The van der Waals surface area contributed by atoms with Gasteiger partial charge in [0.2, 0.25) is 0 Å². The molecular formula is C13H21NO2S. The third kappa shape index (κ3) is 4.22. The van der Waals surface area contributed by atoms with Gasteiger partial charge in [-0.2, -0.15) is 0 Å². The average Bonchev–Trinajstić information content (AvgIpc) is 2.72. The van der Waals surface area contributed by atoms with E-state index in [4.69, 9.17) is 10.5 Å². The van der Waals surface area contributed by atoms with Gasteiger partial charge in [-0.3, -0.25) is 0 Å². The van der Waals surface area contributed by atoms with Crippen molar-refractivity contribution in [1.29, 1.82) is 0 Å². The molecule has 0 amide bonds. The van der Waals surface area contributed by atoms with E-state index in [0.29, 0.717) is 5.92 Å². The van der Waals surface area contributed by atoms with Gasteiger partial charge >= 0.3 is 0 Å². The predicted molar refractivity (Wildman–Crippen MR) is 71.5 cm³/mol. The molecule has 0 saturated carbocycles. The molecule has 0 aliphatic carbocycles. The molecule has 1 aromatic heterocycles. The number of hydrogen-bond acceptors (Lipinski definition) is 4. The maximum absolute atomic E-state index is 10.7. The van der Waals surface area contributed by atoms with Gasteiger partial charge in [0.05, 0.1) is 18.2 Å². The summed E-state index contributed by atoms with van der Waals surface area (Å²) in [6, 6.07) is 4.24. The number of aldehydes is 1. The molecular weight excluding hydrogens is 234 g/mol.